The van der Waals surface area contributed by atoms with Crippen LogP contribution in [0.3, 0.4) is 0 Å². The highest BCUT2D eigenvalue weighted by atomic mass is 19.1. The van der Waals surface area contributed by atoms with E-state index in [0.29, 0.717) is 22.9 Å². The number of halogens is 1. The summed E-state index contributed by atoms with van der Waals surface area (Å²) in [7, 11) is 1.64. The first-order valence-corrected chi connectivity index (χ1v) is 10.7. The van der Waals surface area contributed by atoms with E-state index in [1.54, 1.807) is 19.2 Å². The Labute approximate surface area is 185 Å². The van der Waals surface area contributed by atoms with Gasteiger partial charge in [-0.05, 0) is 75.1 Å². The number of rotatable bonds is 6. The van der Waals surface area contributed by atoms with Crippen LogP contribution in [0.2, 0.25) is 0 Å². The van der Waals surface area contributed by atoms with Crippen molar-refractivity contribution in [1.82, 2.24) is 15.6 Å². The Bertz CT molecular complexity index is 1160. The molecule has 1 N–H and O–H groups in total. The average molecular weight is 437 g/mol. The van der Waals surface area contributed by atoms with Crippen LogP contribution in [-0.2, 0) is 10.4 Å². The van der Waals surface area contributed by atoms with Gasteiger partial charge < -0.3 is 14.0 Å². The molecule has 0 amide bonds. The van der Waals surface area contributed by atoms with Crippen molar-refractivity contribution in [2.75, 3.05) is 7.11 Å². The number of nitrogens with one attached hydrogen (secondary N) is 1. The molecule has 5 rings (SSSR count). The zero-order chi connectivity index (χ0) is 22.1. The maximum absolute atomic E-state index is 13.5. The highest BCUT2D eigenvalue weighted by Crippen LogP contribution is 2.38. The average Bonchev–Trinajstić information content (AvgIpc) is 3.55. The SMILES string of the molecule is COc1ccc(C2=CC(C)(c3noc(-c4cccc(F)c4)n3)ON2)cc1OC1CCCC1. The first-order chi connectivity index (χ1) is 15.5. The van der Waals surface area contributed by atoms with Gasteiger partial charge in [-0.1, -0.05) is 11.2 Å². The smallest absolute Gasteiger partial charge is 0.258 e. The molecule has 8 heteroatoms. The normalized spacial score (nSPS) is 20.8. The Morgan fingerprint density at radius 3 is 2.72 bits per heavy atom. The summed E-state index contributed by atoms with van der Waals surface area (Å²) in [5.41, 5.74) is 4.14. The van der Waals surface area contributed by atoms with Crippen molar-refractivity contribution in [3.63, 3.8) is 0 Å². The van der Waals surface area contributed by atoms with Crippen molar-refractivity contribution in [3.8, 4) is 23.0 Å². The molecular formula is C24H24FN3O4. The topological polar surface area (TPSA) is 78.6 Å². The quantitative estimate of drug-likeness (QED) is 0.582. The minimum Gasteiger partial charge on any atom is -0.493 e. The Kier molecular flexibility index (Phi) is 5.30. The standard InChI is InChI=1S/C24H24FN3O4/c1-24(23-26-22(31-28-23)16-6-5-7-17(25)12-16)14-19(27-32-24)15-10-11-20(29-2)21(13-15)30-18-8-3-4-9-18/h5-7,10-14,18,27H,3-4,8-9H2,1-2H3. The lowest BCUT2D eigenvalue weighted by Gasteiger charge is -2.17. The van der Waals surface area contributed by atoms with Crippen molar-refractivity contribution in [3.05, 3.63) is 65.7 Å². The van der Waals surface area contributed by atoms with E-state index >= 15 is 0 Å². The summed E-state index contributed by atoms with van der Waals surface area (Å²) in [4.78, 5) is 10.2. The molecule has 32 heavy (non-hydrogen) atoms. The molecule has 166 valence electrons. The molecule has 1 aliphatic heterocycles. The molecule has 2 aromatic carbocycles. The second-order valence-electron chi connectivity index (χ2n) is 8.19. The molecule has 0 saturated heterocycles. The largest absolute Gasteiger partial charge is 0.493 e. The van der Waals surface area contributed by atoms with Crippen LogP contribution in [0, 0.1) is 5.82 Å². The maximum atomic E-state index is 13.5. The van der Waals surface area contributed by atoms with Crippen molar-refractivity contribution >= 4 is 5.70 Å². The monoisotopic (exact) mass is 437 g/mol. The maximum Gasteiger partial charge on any atom is 0.258 e. The minimum atomic E-state index is -0.961. The van der Waals surface area contributed by atoms with E-state index in [1.165, 1.54) is 25.0 Å². The Balaban J connectivity index is 1.41. The second kappa shape index (κ2) is 8.27. The number of ether oxygens (including phenoxy) is 2. The van der Waals surface area contributed by atoms with Crippen molar-refractivity contribution in [1.29, 1.82) is 0 Å². The van der Waals surface area contributed by atoms with Gasteiger partial charge in [0.25, 0.3) is 5.89 Å². The molecule has 1 saturated carbocycles. The summed E-state index contributed by atoms with van der Waals surface area (Å²) in [5.74, 6) is 1.59. The van der Waals surface area contributed by atoms with Crippen LogP contribution in [0.5, 0.6) is 11.5 Å². The van der Waals surface area contributed by atoms with Gasteiger partial charge in [-0.25, -0.2) is 4.39 Å². The molecule has 0 radical (unpaired) electrons. The minimum absolute atomic E-state index is 0.215. The number of nitrogens with zero attached hydrogens (tertiary/aromatic N) is 2. The summed E-state index contributed by atoms with van der Waals surface area (Å²) in [6.45, 7) is 1.83. The fourth-order valence-electron chi connectivity index (χ4n) is 4.03. The molecular weight excluding hydrogens is 413 g/mol. The first kappa shape index (κ1) is 20.5. The third kappa shape index (κ3) is 3.93. The lowest BCUT2D eigenvalue weighted by molar-refractivity contribution is -0.0319. The number of aromatic nitrogens is 2. The van der Waals surface area contributed by atoms with Crippen molar-refractivity contribution in [2.45, 2.75) is 44.3 Å². The van der Waals surface area contributed by atoms with Crippen molar-refractivity contribution < 1.29 is 23.2 Å². The summed E-state index contributed by atoms with van der Waals surface area (Å²) in [5, 5.41) is 4.05. The summed E-state index contributed by atoms with van der Waals surface area (Å²) < 4.78 is 30.6. The number of hydrogen-bond donors (Lipinski definition) is 1. The number of hydroxylamine groups is 1. The summed E-state index contributed by atoms with van der Waals surface area (Å²) in [6, 6.07) is 11.8. The Morgan fingerprint density at radius 2 is 1.94 bits per heavy atom. The third-order valence-corrected chi connectivity index (χ3v) is 5.80. The molecule has 0 bridgehead atoms. The molecule has 3 aromatic rings. The van der Waals surface area contributed by atoms with Crippen LogP contribution in [0.1, 0.15) is 44.0 Å². The van der Waals surface area contributed by atoms with Crippen LogP contribution >= 0.6 is 0 Å². The molecule has 2 heterocycles. The van der Waals surface area contributed by atoms with Gasteiger partial charge in [-0.3, -0.25) is 10.3 Å². The number of hydrogen-bond acceptors (Lipinski definition) is 7. The molecule has 7 nitrogen and oxygen atoms in total. The Hall–Kier alpha value is -3.39. The van der Waals surface area contributed by atoms with Crippen LogP contribution in [-0.4, -0.2) is 23.4 Å². The van der Waals surface area contributed by atoms with E-state index in [-0.39, 0.29) is 17.8 Å². The van der Waals surface area contributed by atoms with Gasteiger partial charge in [0, 0.05) is 11.1 Å². The van der Waals surface area contributed by atoms with Gasteiger partial charge in [-0.15, -0.1) is 0 Å². The fourth-order valence-corrected chi connectivity index (χ4v) is 4.03. The predicted molar refractivity (Wildman–Crippen MR) is 115 cm³/mol. The highest BCUT2D eigenvalue weighted by molar-refractivity contribution is 5.68. The van der Waals surface area contributed by atoms with Gasteiger partial charge in [0.2, 0.25) is 5.82 Å². The van der Waals surface area contributed by atoms with Gasteiger partial charge in [-0.2, -0.15) is 4.98 Å². The van der Waals surface area contributed by atoms with E-state index in [4.69, 9.17) is 18.8 Å². The summed E-state index contributed by atoms with van der Waals surface area (Å²) in [6.07, 6.45) is 6.59. The molecule has 1 atom stereocenters. The molecule has 2 aliphatic rings. The predicted octanol–water partition coefficient (Wildman–Crippen LogP) is 5.00. The zero-order valence-corrected chi connectivity index (χ0v) is 17.9. The van der Waals surface area contributed by atoms with Gasteiger partial charge in [0.1, 0.15) is 5.82 Å². The number of benzene rings is 2. The zero-order valence-electron chi connectivity index (χ0n) is 17.9. The van der Waals surface area contributed by atoms with Gasteiger partial charge >= 0.3 is 0 Å². The summed E-state index contributed by atoms with van der Waals surface area (Å²) >= 11 is 0. The van der Waals surface area contributed by atoms with E-state index < -0.39 is 5.60 Å². The molecule has 1 unspecified atom stereocenters. The lowest BCUT2D eigenvalue weighted by atomic mass is 10.0. The van der Waals surface area contributed by atoms with Crippen LogP contribution in [0.25, 0.3) is 17.2 Å². The van der Waals surface area contributed by atoms with E-state index in [0.717, 1.165) is 24.1 Å². The van der Waals surface area contributed by atoms with Crippen LogP contribution in [0.4, 0.5) is 4.39 Å². The third-order valence-electron chi connectivity index (χ3n) is 5.80. The fraction of sp³-hybridized carbons (Fsp3) is 0.333. The van der Waals surface area contributed by atoms with E-state index in [9.17, 15) is 4.39 Å². The van der Waals surface area contributed by atoms with Crippen LogP contribution < -0.4 is 15.0 Å². The van der Waals surface area contributed by atoms with E-state index in [2.05, 4.69) is 15.6 Å². The second-order valence-corrected chi connectivity index (χ2v) is 8.19. The van der Waals surface area contributed by atoms with Gasteiger partial charge in [0.15, 0.2) is 17.1 Å². The van der Waals surface area contributed by atoms with Gasteiger partial charge in [0.05, 0.1) is 18.9 Å². The number of methoxy groups -OCH3 is 1. The van der Waals surface area contributed by atoms with Crippen molar-refractivity contribution in [2.24, 2.45) is 0 Å². The van der Waals surface area contributed by atoms with Crippen LogP contribution in [0.15, 0.2) is 53.1 Å². The highest BCUT2D eigenvalue weighted by Gasteiger charge is 2.37. The Morgan fingerprint density at radius 1 is 1.09 bits per heavy atom. The molecule has 1 fully saturated rings. The molecule has 1 aliphatic carbocycles. The first-order valence-electron chi connectivity index (χ1n) is 10.7. The molecule has 0 spiro atoms. The lowest BCUT2D eigenvalue weighted by Crippen LogP contribution is -2.24. The molecule has 1 aromatic heterocycles. The van der Waals surface area contributed by atoms with E-state index in [1.807, 2.05) is 31.2 Å².